The Morgan fingerprint density at radius 2 is 1.95 bits per heavy atom. The van der Waals surface area contributed by atoms with Crippen molar-refractivity contribution in [2.24, 2.45) is 5.73 Å². The number of amides is 1. The average molecular weight is 311 g/mol. The minimum Gasteiger partial charge on any atom is -0.391 e. The predicted molar refractivity (Wildman–Crippen MR) is 86.3 cm³/mol. The van der Waals surface area contributed by atoms with Gasteiger partial charge in [0.2, 0.25) is 0 Å². The molecular formula is C15H19ClN2OS. The molecule has 2 rings (SSSR count). The lowest BCUT2D eigenvalue weighted by Crippen LogP contribution is -2.57. The average Bonchev–Trinajstić information content (AvgIpc) is 2.38. The zero-order valence-corrected chi connectivity index (χ0v) is 13.1. The lowest BCUT2D eigenvalue weighted by Gasteiger charge is -2.37. The van der Waals surface area contributed by atoms with Crippen molar-refractivity contribution >= 4 is 34.7 Å². The van der Waals surface area contributed by atoms with Gasteiger partial charge in [-0.2, -0.15) is 0 Å². The Morgan fingerprint density at radius 1 is 1.30 bits per heavy atom. The van der Waals surface area contributed by atoms with E-state index in [0.29, 0.717) is 15.6 Å². The Kier molecular flexibility index (Phi) is 4.66. The van der Waals surface area contributed by atoms with Gasteiger partial charge in [-0.15, -0.1) is 0 Å². The van der Waals surface area contributed by atoms with Gasteiger partial charge >= 0.3 is 0 Å². The minimum absolute atomic E-state index is 0.162. The second kappa shape index (κ2) is 6.10. The van der Waals surface area contributed by atoms with Gasteiger partial charge in [-0.3, -0.25) is 4.79 Å². The Hall–Kier alpha value is -1.13. The molecule has 0 atom stereocenters. The van der Waals surface area contributed by atoms with Crippen molar-refractivity contribution in [3.8, 4) is 0 Å². The molecule has 0 saturated heterocycles. The van der Waals surface area contributed by atoms with E-state index in [2.05, 4.69) is 5.32 Å². The molecule has 0 aromatic heterocycles. The quantitative estimate of drug-likeness (QED) is 0.842. The zero-order chi connectivity index (χ0) is 14.8. The third-order valence-electron chi connectivity index (χ3n) is 3.84. The first-order chi connectivity index (χ1) is 9.43. The van der Waals surface area contributed by atoms with Gasteiger partial charge in [0.15, 0.2) is 0 Å². The van der Waals surface area contributed by atoms with Crippen LogP contribution in [0.2, 0.25) is 5.02 Å². The summed E-state index contributed by atoms with van der Waals surface area (Å²) in [4.78, 5) is 12.8. The van der Waals surface area contributed by atoms with Gasteiger partial charge in [0.05, 0.1) is 10.5 Å². The van der Waals surface area contributed by atoms with E-state index in [1.807, 2.05) is 19.1 Å². The number of nitrogens with two attached hydrogens (primary N) is 1. The van der Waals surface area contributed by atoms with E-state index in [1.54, 1.807) is 6.07 Å². The van der Waals surface area contributed by atoms with Crippen LogP contribution in [0.4, 0.5) is 0 Å². The first-order valence-electron chi connectivity index (χ1n) is 6.83. The summed E-state index contributed by atoms with van der Waals surface area (Å²) in [5, 5.41) is 3.60. The maximum atomic E-state index is 12.4. The summed E-state index contributed by atoms with van der Waals surface area (Å²) in [7, 11) is 0. The van der Waals surface area contributed by atoms with Crippen LogP contribution in [-0.4, -0.2) is 16.4 Å². The van der Waals surface area contributed by atoms with Crippen molar-refractivity contribution in [3.63, 3.8) is 0 Å². The molecule has 20 heavy (non-hydrogen) atoms. The van der Waals surface area contributed by atoms with E-state index in [0.717, 1.165) is 37.7 Å². The third kappa shape index (κ3) is 3.30. The van der Waals surface area contributed by atoms with Crippen LogP contribution in [0.25, 0.3) is 0 Å². The van der Waals surface area contributed by atoms with Crippen LogP contribution in [0.15, 0.2) is 18.2 Å². The minimum atomic E-state index is -0.541. The topological polar surface area (TPSA) is 55.1 Å². The second-order valence-corrected chi connectivity index (χ2v) is 6.35. The molecule has 108 valence electrons. The van der Waals surface area contributed by atoms with Gasteiger partial charge in [-0.05, 0) is 43.5 Å². The highest BCUT2D eigenvalue weighted by Crippen LogP contribution is 2.29. The number of aryl methyl sites for hydroxylation is 1. The molecule has 0 spiro atoms. The SMILES string of the molecule is Cc1cc(Cl)cc(C(=O)NC2(C(N)=S)CCCCC2)c1. The van der Waals surface area contributed by atoms with Crippen LogP contribution in [0.3, 0.4) is 0 Å². The number of carbonyl (C=O) groups is 1. The molecule has 0 aliphatic heterocycles. The molecular weight excluding hydrogens is 292 g/mol. The van der Waals surface area contributed by atoms with Crippen molar-refractivity contribution in [1.82, 2.24) is 5.32 Å². The van der Waals surface area contributed by atoms with Crippen molar-refractivity contribution in [2.45, 2.75) is 44.6 Å². The van der Waals surface area contributed by atoms with E-state index >= 15 is 0 Å². The first kappa shape index (κ1) is 15.3. The lowest BCUT2D eigenvalue weighted by atomic mass is 9.81. The molecule has 1 aliphatic rings. The summed E-state index contributed by atoms with van der Waals surface area (Å²) in [5.74, 6) is -0.162. The summed E-state index contributed by atoms with van der Waals surface area (Å²) < 4.78 is 0. The molecule has 5 heteroatoms. The maximum absolute atomic E-state index is 12.4. The maximum Gasteiger partial charge on any atom is 0.252 e. The summed E-state index contributed by atoms with van der Waals surface area (Å²) in [6.45, 7) is 1.91. The van der Waals surface area contributed by atoms with Crippen LogP contribution >= 0.6 is 23.8 Å². The molecule has 1 saturated carbocycles. The van der Waals surface area contributed by atoms with Crippen LogP contribution in [0.1, 0.15) is 48.0 Å². The van der Waals surface area contributed by atoms with E-state index < -0.39 is 5.54 Å². The monoisotopic (exact) mass is 310 g/mol. The number of hydrogen-bond acceptors (Lipinski definition) is 2. The van der Waals surface area contributed by atoms with E-state index in [9.17, 15) is 4.79 Å². The van der Waals surface area contributed by atoms with Gasteiger partial charge in [-0.1, -0.05) is 43.1 Å². The van der Waals surface area contributed by atoms with E-state index in [-0.39, 0.29) is 5.91 Å². The Morgan fingerprint density at radius 3 is 2.50 bits per heavy atom. The number of nitrogens with one attached hydrogen (secondary N) is 1. The van der Waals surface area contributed by atoms with Crippen molar-refractivity contribution in [2.75, 3.05) is 0 Å². The molecule has 3 nitrogen and oxygen atoms in total. The van der Waals surface area contributed by atoms with Gasteiger partial charge < -0.3 is 11.1 Å². The fourth-order valence-electron chi connectivity index (χ4n) is 2.75. The van der Waals surface area contributed by atoms with Gasteiger partial charge in [0.1, 0.15) is 0 Å². The lowest BCUT2D eigenvalue weighted by molar-refractivity contribution is 0.0908. The molecule has 1 amide bonds. The number of benzene rings is 1. The van der Waals surface area contributed by atoms with Gasteiger partial charge in [-0.25, -0.2) is 0 Å². The molecule has 0 radical (unpaired) electrons. The highest BCUT2D eigenvalue weighted by molar-refractivity contribution is 7.80. The van der Waals surface area contributed by atoms with Crippen LogP contribution in [0, 0.1) is 6.92 Å². The fourth-order valence-corrected chi connectivity index (χ4v) is 3.29. The molecule has 1 fully saturated rings. The number of thiocarbonyl (C=S) groups is 1. The molecule has 0 bridgehead atoms. The highest BCUT2D eigenvalue weighted by Gasteiger charge is 2.36. The first-order valence-corrected chi connectivity index (χ1v) is 7.61. The van der Waals surface area contributed by atoms with Gasteiger partial charge in [0.25, 0.3) is 5.91 Å². The van der Waals surface area contributed by atoms with Crippen LogP contribution in [0.5, 0.6) is 0 Å². The number of rotatable bonds is 3. The van der Waals surface area contributed by atoms with Crippen molar-refractivity contribution < 1.29 is 4.79 Å². The normalized spacial score (nSPS) is 17.5. The van der Waals surface area contributed by atoms with E-state index in [4.69, 9.17) is 29.6 Å². The molecule has 0 unspecified atom stereocenters. The molecule has 3 N–H and O–H groups in total. The highest BCUT2D eigenvalue weighted by atomic mass is 35.5. The Labute approximate surface area is 129 Å². The fraction of sp³-hybridized carbons (Fsp3) is 0.467. The Bertz CT molecular complexity index is 518. The smallest absolute Gasteiger partial charge is 0.252 e. The second-order valence-electron chi connectivity index (χ2n) is 5.48. The summed E-state index contributed by atoms with van der Waals surface area (Å²) in [6, 6.07) is 5.31. The summed E-state index contributed by atoms with van der Waals surface area (Å²) in [6.07, 6.45) is 4.86. The predicted octanol–water partition coefficient (Wildman–Crippen LogP) is 3.37. The summed E-state index contributed by atoms with van der Waals surface area (Å²) >= 11 is 11.2. The van der Waals surface area contributed by atoms with E-state index in [1.165, 1.54) is 0 Å². The van der Waals surface area contributed by atoms with Crippen LogP contribution in [-0.2, 0) is 0 Å². The molecule has 1 aromatic carbocycles. The van der Waals surface area contributed by atoms with Crippen molar-refractivity contribution in [3.05, 3.63) is 34.3 Å². The Balaban J connectivity index is 2.22. The molecule has 1 aromatic rings. The summed E-state index contributed by atoms with van der Waals surface area (Å²) in [5.41, 5.74) is 6.84. The van der Waals surface area contributed by atoms with Crippen LogP contribution < -0.4 is 11.1 Å². The standard InChI is InChI=1S/C15H19ClN2OS/c1-10-7-11(9-12(16)8-10)13(19)18-15(14(17)20)5-3-2-4-6-15/h7-9H,2-6H2,1H3,(H2,17,20)(H,18,19). The number of carbonyl (C=O) groups excluding carboxylic acids is 1. The van der Waals surface area contributed by atoms with Crippen molar-refractivity contribution in [1.29, 1.82) is 0 Å². The molecule has 1 aliphatic carbocycles. The zero-order valence-electron chi connectivity index (χ0n) is 11.5. The largest absolute Gasteiger partial charge is 0.391 e. The third-order valence-corrected chi connectivity index (χ3v) is 4.44. The number of hydrogen-bond donors (Lipinski definition) is 2. The van der Waals surface area contributed by atoms with Gasteiger partial charge in [0, 0.05) is 10.6 Å². The number of halogens is 1. The molecule has 0 heterocycles.